The number of nitrogens with one attached hydrogen (secondary N) is 4. The summed E-state index contributed by atoms with van der Waals surface area (Å²) >= 11 is 0. The van der Waals surface area contributed by atoms with Crippen LogP contribution in [0.3, 0.4) is 0 Å². The number of nitrogens with zero attached hydrogens (tertiary/aromatic N) is 8. The number of phenolic OH excluding ortho intramolecular Hbond substituents is 4. The minimum absolute atomic E-state index is 0.122. The van der Waals surface area contributed by atoms with Crippen molar-refractivity contribution in [3.63, 3.8) is 0 Å². The lowest BCUT2D eigenvalue weighted by atomic mass is 9.91. The molecule has 8 N–H and O–H groups in total. The van der Waals surface area contributed by atoms with Crippen LogP contribution in [0.2, 0.25) is 0 Å². The monoisotopic (exact) mass is 1790 g/mol. The summed E-state index contributed by atoms with van der Waals surface area (Å²) in [5.41, 5.74) is 21.8. The number of halogens is 4. The fourth-order valence-corrected chi connectivity index (χ4v) is 17.1. The molecule has 13 aromatic carbocycles. The van der Waals surface area contributed by atoms with Crippen molar-refractivity contribution in [3.8, 4) is 113 Å². The van der Waals surface area contributed by atoms with Crippen LogP contribution in [0.1, 0.15) is 86.5 Å². The van der Waals surface area contributed by atoms with Crippen molar-refractivity contribution in [2.24, 2.45) is 0 Å². The molecule has 4 aliphatic rings. The van der Waals surface area contributed by atoms with Crippen molar-refractivity contribution >= 4 is 57.7 Å². The first-order valence-electron chi connectivity index (χ1n) is 44.5. The Balaban J connectivity index is 0.000000120. The molecular weight excluding hydrogens is 1710 g/mol. The van der Waals surface area contributed by atoms with Crippen LogP contribution in [-0.2, 0) is 96.2 Å². The first-order chi connectivity index (χ1) is 65.7. The highest BCUT2D eigenvalue weighted by atomic mass is 19.1. The fraction of sp³-hybridized carbons (Fsp3) is 0.135. The Bertz CT molecular complexity index is 7330. The quantitative estimate of drug-likeness (QED) is 0.0349. The molecule has 4 aromatic heterocycles. The van der Waals surface area contributed by atoms with Gasteiger partial charge in [-0.25, -0.2) is 57.4 Å². The van der Waals surface area contributed by atoms with E-state index >= 15 is 0 Å². The molecule has 20 nitrogen and oxygen atoms in total. The molecule has 4 amide bonds. The van der Waals surface area contributed by atoms with Gasteiger partial charge >= 0.3 is 0 Å². The van der Waals surface area contributed by atoms with Crippen LogP contribution in [0.4, 0.5) is 40.8 Å². The summed E-state index contributed by atoms with van der Waals surface area (Å²) in [7, 11) is 0. The Morgan fingerprint density at radius 2 is 0.541 bits per heavy atom. The molecule has 17 aromatic rings. The van der Waals surface area contributed by atoms with Crippen molar-refractivity contribution in [1.82, 2.24) is 39.9 Å². The number of amides is 4. The largest absolute Gasteiger partial charge is 0.508 e. The van der Waals surface area contributed by atoms with Gasteiger partial charge in [-0.1, -0.05) is 133 Å². The van der Waals surface area contributed by atoms with Crippen molar-refractivity contribution in [1.29, 1.82) is 0 Å². The second kappa shape index (κ2) is 40.3. The third kappa shape index (κ3) is 21.3. The highest BCUT2D eigenvalue weighted by Crippen LogP contribution is 2.43. The fourth-order valence-electron chi connectivity index (χ4n) is 17.1. The zero-order valence-electron chi connectivity index (χ0n) is 73.0. The lowest BCUT2D eigenvalue weighted by Crippen LogP contribution is -2.19. The molecule has 135 heavy (non-hydrogen) atoms. The molecular formula is C111H88F4N12O8. The van der Waals surface area contributed by atoms with E-state index in [1.54, 1.807) is 140 Å². The van der Waals surface area contributed by atoms with E-state index in [4.69, 9.17) is 39.9 Å². The van der Waals surface area contributed by atoms with Gasteiger partial charge in [0, 0.05) is 57.3 Å². The number of phenols is 4. The van der Waals surface area contributed by atoms with E-state index < -0.39 is 0 Å². The van der Waals surface area contributed by atoms with Crippen molar-refractivity contribution in [3.05, 3.63) is 394 Å². The smallest absolute Gasteiger partial charge is 0.230 e. The summed E-state index contributed by atoms with van der Waals surface area (Å²) < 4.78 is 55.1. The van der Waals surface area contributed by atoms with E-state index in [0.717, 1.165) is 119 Å². The molecule has 0 unspecified atom stereocenters. The summed E-state index contributed by atoms with van der Waals surface area (Å²) in [6.45, 7) is 0. The van der Waals surface area contributed by atoms with Gasteiger partial charge in [-0.05, 0) is 296 Å². The number of anilines is 4. The topological polar surface area (TPSA) is 300 Å². The summed E-state index contributed by atoms with van der Waals surface area (Å²) in [6.07, 6.45) is 8.34. The summed E-state index contributed by atoms with van der Waals surface area (Å²) in [6, 6.07) is 88.7. The molecule has 0 radical (unpaired) electrons. The van der Waals surface area contributed by atoms with E-state index in [2.05, 4.69) is 33.4 Å². The van der Waals surface area contributed by atoms with Crippen molar-refractivity contribution < 1.29 is 57.2 Å². The number of aromatic hydroxyl groups is 4. The molecule has 0 bridgehead atoms. The minimum atomic E-state index is -0.276. The van der Waals surface area contributed by atoms with E-state index in [9.17, 15) is 57.2 Å². The van der Waals surface area contributed by atoms with Crippen LogP contribution >= 0.6 is 0 Å². The number of rotatable bonds is 19. The Labute approximate surface area is 774 Å². The van der Waals surface area contributed by atoms with Gasteiger partial charge in [0.1, 0.15) is 69.0 Å². The molecule has 0 saturated carbocycles. The lowest BCUT2D eigenvalue weighted by molar-refractivity contribution is -0.117. The molecule has 0 fully saturated rings. The Hall–Kier alpha value is -16.8. The Kier molecular flexibility index (Phi) is 26.5. The van der Waals surface area contributed by atoms with E-state index in [1.807, 2.05) is 121 Å². The Morgan fingerprint density at radius 1 is 0.252 bits per heavy atom. The van der Waals surface area contributed by atoms with Gasteiger partial charge in [0.25, 0.3) is 0 Å². The molecule has 4 heterocycles. The summed E-state index contributed by atoms with van der Waals surface area (Å²) in [4.78, 5) is 90.1. The van der Waals surface area contributed by atoms with Gasteiger partial charge in [0.2, 0.25) is 23.6 Å². The molecule has 0 saturated heterocycles. The standard InChI is InChI=1S/C30H22FN3O2.C28H24FN3O2.C27H22FN3O2.C26H20FN3O2/c31-23-10-13-25-22(17-23)9-14-26-29(25)34-28(20-7-11-24(35)12-8-20)30(32-26)33-27(36)16-18-5-6-19-3-1-2-4-21(19)15-18;29-21-12-15-23-20(17-21)11-16-24-27(23)32-26(19-9-13-22(33)14-10-19)28(30-24)31-25(34)8-4-7-18-5-2-1-3-6-18;28-20-10-13-22-19(16-20)9-14-23-26(22)31-25(18-7-11-21(32)12-8-18)27(29-23)30-24(33)15-6-17-4-2-1-3-5-17;27-19-9-12-21-18(15-19)8-13-22-25(21)30-24(17-6-10-20(31)11-7-17)26(28-22)29-23(32)14-16-4-2-1-3-5-16/h1-8,10-13,15,17,35H,9,14,16H2,(H,32,33,36);1-3,5-6,9-10,12-15,17,33H,4,7-8,11,16H2,(H,30,31,34);1-5,7-8,10-13,16,32H,6,9,14-15H2,(H,29,30,33);1-7,9-12,15,31H,8,13-14H2,(H,28,29,32). The highest BCUT2D eigenvalue weighted by Gasteiger charge is 2.30. The summed E-state index contributed by atoms with van der Waals surface area (Å²) in [5.74, 6) is 0.337. The van der Waals surface area contributed by atoms with Crippen LogP contribution in [-0.4, -0.2) is 83.9 Å². The maximum Gasteiger partial charge on any atom is 0.230 e. The zero-order chi connectivity index (χ0) is 93.0. The maximum atomic E-state index is 13.8. The van der Waals surface area contributed by atoms with Crippen LogP contribution < -0.4 is 21.3 Å². The molecule has 0 atom stereocenters. The predicted octanol–water partition coefficient (Wildman–Crippen LogP) is 22.1. The van der Waals surface area contributed by atoms with Gasteiger partial charge in [-0.15, -0.1) is 0 Å². The number of carbonyl (C=O) groups excluding carboxylic acids is 4. The molecule has 21 rings (SSSR count). The summed E-state index contributed by atoms with van der Waals surface area (Å²) in [5, 5.41) is 52.9. The molecule has 0 spiro atoms. The maximum absolute atomic E-state index is 13.8. The Morgan fingerprint density at radius 3 is 0.881 bits per heavy atom. The molecule has 4 aliphatic carbocycles. The van der Waals surface area contributed by atoms with Gasteiger partial charge in [0.05, 0.1) is 58.4 Å². The average Bonchev–Trinajstić information content (AvgIpc) is 0.775. The van der Waals surface area contributed by atoms with Crippen LogP contribution in [0.25, 0.3) is 101 Å². The van der Waals surface area contributed by atoms with E-state index in [-0.39, 0.29) is 82.7 Å². The van der Waals surface area contributed by atoms with E-state index in [0.29, 0.717) is 151 Å². The number of hydrogen-bond donors (Lipinski definition) is 8. The number of aromatic nitrogens is 8. The third-order valence-electron chi connectivity index (χ3n) is 23.9. The molecule has 24 heteroatoms. The van der Waals surface area contributed by atoms with Crippen molar-refractivity contribution in [2.75, 3.05) is 21.3 Å². The first-order valence-corrected chi connectivity index (χ1v) is 44.5. The number of fused-ring (bicyclic) bond motifs is 13. The number of aryl methyl sites for hydroxylation is 10. The van der Waals surface area contributed by atoms with Crippen LogP contribution in [0, 0.1) is 23.3 Å². The zero-order valence-corrected chi connectivity index (χ0v) is 73.0. The highest BCUT2D eigenvalue weighted by molar-refractivity contribution is 5.99. The predicted molar refractivity (Wildman–Crippen MR) is 514 cm³/mol. The van der Waals surface area contributed by atoms with Gasteiger partial charge in [-0.2, -0.15) is 0 Å². The number of carbonyl (C=O) groups is 4. The third-order valence-corrected chi connectivity index (χ3v) is 23.9. The lowest BCUT2D eigenvalue weighted by Gasteiger charge is -2.21. The SMILES string of the molecule is O=C(CCCc1ccccc1)Nc1nc2c(nc1-c1ccc(O)cc1)-c1ccc(F)cc1CC2.O=C(CCc1ccccc1)Nc1nc2c(nc1-c1ccc(O)cc1)-c1ccc(F)cc1CC2.O=C(Cc1ccc2ccccc2c1)Nc1nc2c(nc1-c1ccc(O)cc1)-c1ccc(F)cc1CC2.O=C(Cc1ccccc1)Nc1nc2c(nc1-c1ccc(O)cc1)-c1ccc(F)cc1CC2. The van der Waals surface area contributed by atoms with Gasteiger partial charge < -0.3 is 41.7 Å². The van der Waals surface area contributed by atoms with Gasteiger partial charge in [-0.3, -0.25) is 19.2 Å². The molecule has 668 valence electrons. The second-order valence-electron chi connectivity index (χ2n) is 33.3. The van der Waals surface area contributed by atoms with E-state index in [1.165, 1.54) is 35.9 Å². The number of benzene rings is 13. The minimum Gasteiger partial charge on any atom is -0.508 e. The average molecular weight is 1790 g/mol. The van der Waals surface area contributed by atoms with Crippen LogP contribution in [0.15, 0.2) is 303 Å². The normalized spacial score (nSPS) is 12.1. The molecule has 0 aliphatic heterocycles. The first kappa shape index (κ1) is 88.9. The second-order valence-corrected chi connectivity index (χ2v) is 33.3. The van der Waals surface area contributed by atoms with Crippen LogP contribution in [0.5, 0.6) is 23.0 Å². The number of hydrogen-bond acceptors (Lipinski definition) is 16. The van der Waals surface area contributed by atoms with Gasteiger partial charge in [0.15, 0.2) is 23.3 Å². The van der Waals surface area contributed by atoms with Crippen molar-refractivity contribution in [2.45, 2.75) is 96.3 Å².